The van der Waals surface area contributed by atoms with E-state index in [0.717, 1.165) is 56.0 Å². The number of carbonyl (C=O) groups excluding carboxylic acids is 1. The first-order chi connectivity index (χ1) is 12.1. The first-order valence-electron chi connectivity index (χ1n) is 9.57. The molecule has 1 unspecified atom stereocenters. The average molecular weight is 345 g/mol. The lowest BCUT2D eigenvalue weighted by molar-refractivity contribution is 0.0724. The zero-order chi connectivity index (χ0) is 18.1. The molecule has 0 bridgehead atoms. The van der Waals surface area contributed by atoms with E-state index in [0.29, 0.717) is 12.6 Å². The molecule has 0 saturated carbocycles. The van der Waals surface area contributed by atoms with Crippen molar-refractivity contribution >= 4 is 11.9 Å². The number of rotatable bonds is 6. The van der Waals surface area contributed by atoms with Crippen LogP contribution in [0.3, 0.4) is 0 Å². The number of guanidine groups is 1. The Morgan fingerprint density at radius 2 is 1.84 bits per heavy atom. The number of amides is 1. The number of benzene rings is 1. The number of hydrogen-bond donors (Lipinski definition) is 2. The molecule has 5 heteroatoms. The van der Waals surface area contributed by atoms with E-state index in [4.69, 9.17) is 0 Å². The maximum atomic E-state index is 12.5. The van der Waals surface area contributed by atoms with Crippen LogP contribution in [0, 0.1) is 0 Å². The first-order valence-corrected chi connectivity index (χ1v) is 9.57. The smallest absolute Gasteiger partial charge is 0.253 e. The molecule has 138 valence electrons. The molecule has 1 saturated heterocycles. The van der Waals surface area contributed by atoms with Gasteiger partial charge in [-0.2, -0.15) is 0 Å². The van der Waals surface area contributed by atoms with Gasteiger partial charge >= 0.3 is 0 Å². The molecule has 25 heavy (non-hydrogen) atoms. The average Bonchev–Trinajstić information content (AvgIpc) is 2.66. The molecule has 2 rings (SSSR count). The van der Waals surface area contributed by atoms with E-state index in [1.807, 2.05) is 29.2 Å². The van der Waals surface area contributed by atoms with Gasteiger partial charge in [-0.1, -0.05) is 19.1 Å². The lowest BCUT2D eigenvalue weighted by Gasteiger charge is -2.26. The lowest BCUT2D eigenvalue weighted by Crippen LogP contribution is -2.41. The van der Waals surface area contributed by atoms with Gasteiger partial charge in [-0.15, -0.1) is 0 Å². The molecule has 2 N–H and O–H groups in total. The summed E-state index contributed by atoms with van der Waals surface area (Å²) in [5, 5.41) is 6.66. The second-order valence-electron chi connectivity index (χ2n) is 6.70. The van der Waals surface area contributed by atoms with Gasteiger partial charge in [0.1, 0.15) is 0 Å². The maximum absolute atomic E-state index is 12.5. The van der Waals surface area contributed by atoms with Gasteiger partial charge in [-0.05, 0) is 57.2 Å². The van der Waals surface area contributed by atoms with Crippen LogP contribution in [-0.2, 0) is 6.54 Å². The molecular weight excluding hydrogens is 312 g/mol. The van der Waals surface area contributed by atoms with Crippen molar-refractivity contribution in [2.24, 2.45) is 4.99 Å². The van der Waals surface area contributed by atoms with Crippen molar-refractivity contribution in [3.63, 3.8) is 0 Å². The van der Waals surface area contributed by atoms with Crippen molar-refractivity contribution in [2.45, 2.75) is 59.0 Å². The number of nitrogens with one attached hydrogen (secondary N) is 2. The summed E-state index contributed by atoms with van der Waals surface area (Å²) < 4.78 is 0. The monoisotopic (exact) mass is 344 g/mol. The summed E-state index contributed by atoms with van der Waals surface area (Å²) in [6.07, 6.45) is 4.53. The standard InChI is InChI=1S/C20H32N4O/c1-4-16(3)23-20(21-5-2)22-15-17-9-11-18(12-10-17)19(25)24-13-7-6-8-14-24/h9-12,16H,4-8,13-15H2,1-3H3,(H2,21,22,23). The Labute approximate surface area is 151 Å². The molecule has 0 radical (unpaired) electrons. The van der Waals surface area contributed by atoms with Crippen LogP contribution < -0.4 is 10.6 Å². The van der Waals surface area contributed by atoms with Crippen LogP contribution in [0.5, 0.6) is 0 Å². The highest BCUT2D eigenvalue weighted by Crippen LogP contribution is 2.14. The van der Waals surface area contributed by atoms with Gasteiger partial charge in [0.15, 0.2) is 5.96 Å². The van der Waals surface area contributed by atoms with E-state index >= 15 is 0 Å². The fourth-order valence-electron chi connectivity index (χ4n) is 2.86. The molecule has 1 fully saturated rings. The van der Waals surface area contributed by atoms with Gasteiger partial charge in [0.2, 0.25) is 0 Å². The van der Waals surface area contributed by atoms with Gasteiger partial charge in [-0.25, -0.2) is 4.99 Å². The third-order valence-corrected chi connectivity index (χ3v) is 4.60. The number of hydrogen-bond acceptors (Lipinski definition) is 2. The molecule has 1 aromatic carbocycles. The van der Waals surface area contributed by atoms with Crippen molar-refractivity contribution in [3.8, 4) is 0 Å². The summed E-state index contributed by atoms with van der Waals surface area (Å²) in [6, 6.07) is 8.26. The second-order valence-corrected chi connectivity index (χ2v) is 6.70. The highest BCUT2D eigenvalue weighted by molar-refractivity contribution is 5.94. The lowest BCUT2D eigenvalue weighted by atomic mass is 10.1. The Morgan fingerprint density at radius 3 is 2.44 bits per heavy atom. The van der Waals surface area contributed by atoms with Crippen LogP contribution in [0.1, 0.15) is 62.4 Å². The third kappa shape index (κ3) is 6.07. The van der Waals surface area contributed by atoms with E-state index in [1.165, 1.54) is 6.42 Å². The summed E-state index contributed by atoms with van der Waals surface area (Å²) in [5.74, 6) is 0.992. The zero-order valence-electron chi connectivity index (χ0n) is 15.8. The Morgan fingerprint density at radius 1 is 1.16 bits per heavy atom. The van der Waals surface area contributed by atoms with Crippen LogP contribution >= 0.6 is 0 Å². The van der Waals surface area contributed by atoms with Gasteiger partial charge < -0.3 is 15.5 Å². The van der Waals surface area contributed by atoms with Gasteiger partial charge in [0, 0.05) is 31.2 Å². The van der Waals surface area contributed by atoms with E-state index < -0.39 is 0 Å². The normalized spacial score (nSPS) is 16.4. The predicted molar refractivity (Wildman–Crippen MR) is 104 cm³/mol. The van der Waals surface area contributed by atoms with Crippen molar-refractivity contribution < 1.29 is 4.79 Å². The molecule has 0 spiro atoms. The molecule has 1 heterocycles. The summed E-state index contributed by atoms with van der Waals surface area (Å²) in [4.78, 5) is 19.1. The van der Waals surface area contributed by atoms with Crippen LogP contribution in [-0.4, -0.2) is 42.4 Å². The fraction of sp³-hybridized carbons (Fsp3) is 0.600. The first kappa shape index (κ1) is 19.3. The van der Waals surface area contributed by atoms with Crippen LogP contribution in [0.15, 0.2) is 29.3 Å². The van der Waals surface area contributed by atoms with E-state index in [9.17, 15) is 4.79 Å². The minimum Gasteiger partial charge on any atom is -0.357 e. The van der Waals surface area contributed by atoms with Gasteiger partial charge in [0.05, 0.1) is 6.54 Å². The number of carbonyl (C=O) groups is 1. The zero-order valence-corrected chi connectivity index (χ0v) is 15.8. The molecule has 1 amide bonds. The summed E-state index contributed by atoms with van der Waals surface area (Å²) in [7, 11) is 0. The number of nitrogens with zero attached hydrogens (tertiary/aromatic N) is 2. The topological polar surface area (TPSA) is 56.7 Å². The van der Waals surface area contributed by atoms with E-state index in [-0.39, 0.29) is 5.91 Å². The number of likely N-dealkylation sites (tertiary alicyclic amines) is 1. The quantitative estimate of drug-likeness (QED) is 0.616. The Hall–Kier alpha value is -2.04. The second kappa shape index (κ2) is 10.1. The summed E-state index contributed by atoms with van der Waals surface area (Å²) >= 11 is 0. The minimum atomic E-state index is 0.154. The number of aliphatic imine (C=N–C) groups is 1. The minimum absolute atomic E-state index is 0.154. The maximum Gasteiger partial charge on any atom is 0.253 e. The summed E-state index contributed by atoms with van der Waals surface area (Å²) in [5.41, 5.74) is 1.89. The SMILES string of the molecule is CCNC(=NCc1ccc(C(=O)N2CCCCC2)cc1)NC(C)CC. The van der Waals surface area contributed by atoms with E-state index in [1.54, 1.807) is 0 Å². The van der Waals surface area contributed by atoms with E-state index in [2.05, 4.69) is 36.4 Å². The van der Waals surface area contributed by atoms with Crippen molar-refractivity contribution in [1.82, 2.24) is 15.5 Å². The Kier molecular flexibility index (Phi) is 7.76. The molecule has 1 aliphatic rings. The Balaban J connectivity index is 1.96. The molecular formula is C20H32N4O. The molecule has 1 aromatic rings. The number of piperidine rings is 1. The van der Waals surface area contributed by atoms with Crippen molar-refractivity contribution in [2.75, 3.05) is 19.6 Å². The van der Waals surface area contributed by atoms with Crippen LogP contribution in [0.4, 0.5) is 0 Å². The summed E-state index contributed by atoms with van der Waals surface area (Å²) in [6.45, 7) is 9.58. The fourth-order valence-corrected chi connectivity index (χ4v) is 2.86. The Bertz CT molecular complexity index is 562. The molecule has 1 atom stereocenters. The molecule has 0 aromatic heterocycles. The van der Waals surface area contributed by atoms with Gasteiger partial charge in [0.25, 0.3) is 5.91 Å². The molecule has 5 nitrogen and oxygen atoms in total. The van der Waals surface area contributed by atoms with Gasteiger partial charge in [-0.3, -0.25) is 4.79 Å². The molecule has 0 aliphatic carbocycles. The van der Waals surface area contributed by atoms with Crippen molar-refractivity contribution in [1.29, 1.82) is 0 Å². The highest BCUT2D eigenvalue weighted by Gasteiger charge is 2.17. The predicted octanol–water partition coefficient (Wildman–Crippen LogP) is 3.17. The van der Waals surface area contributed by atoms with Crippen molar-refractivity contribution in [3.05, 3.63) is 35.4 Å². The van der Waals surface area contributed by atoms with Crippen LogP contribution in [0.25, 0.3) is 0 Å². The van der Waals surface area contributed by atoms with Crippen LogP contribution in [0.2, 0.25) is 0 Å². The largest absolute Gasteiger partial charge is 0.357 e. The highest BCUT2D eigenvalue weighted by atomic mass is 16.2. The molecule has 1 aliphatic heterocycles. The third-order valence-electron chi connectivity index (χ3n) is 4.60.